The van der Waals surface area contributed by atoms with Gasteiger partial charge in [-0.2, -0.15) is 6.42 Å². The van der Waals surface area contributed by atoms with E-state index in [0.717, 1.165) is 6.42 Å². The minimum Gasteiger partial charge on any atom is -0.343 e. The van der Waals surface area contributed by atoms with Gasteiger partial charge in [-0.05, 0) is 0 Å². The van der Waals surface area contributed by atoms with Crippen LogP contribution in [0.5, 0.6) is 0 Å². The standard InChI is InChI=1S/C4H9.BrH.2Li/c1-3-4-2;;;/h1,3-4H2,2H3;1H;;/q-1;;;+1. The molecule has 0 atom stereocenters. The molecule has 0 amide bonds. The average Bonchev–Trinajstić information content (AvgIpc) is 1.37. The Hall–Kier alpha value is 1.67. The van der Waals surface area contributed by atoms with E-state index in [1.54, 1.807) is 0 Å². The Morgan fingerprint density at radius 2 is 1.57 bits per heavy atom. The van der Waals surface area contributed by atoms with Gasteiger partial charge in [0.25, 0.3) is 0 Å². The smallest absolute Gasteiger partial charge is 0.343 e. The summed E-state index contributed by atoms with van der Waals surface area (Å²) in [6, 6.07) is 0. The van der Waals surface area contributed by atoms with Crippen molar-refractivity contribution in [3.05, 3.63) is 6.92 Å². The summed E-state index contributed by atoms with van der Waals surface area (Å²) in [4.78, 5) is 0. The van der Waals surface area contributed by atoms with Gasteiger partial charge in [0.2, 0.25) is 0 Å². The van der Waals surface area contributed by atoms with Crippen LogP contribution in [-0.4, -0.2) is 18.9 Å². The number of halogens is 1. The van der Waals surface area contributed by atoms with Crippen LogP contribution in [0.1, 0.15) is 19.8 Å². The zero-order valence-corrected chi connectivity index (χ0v) is 7.24. The van der Waals surface area contributed by atoms with E-state index in [1.165, 1.54) is 6.42 Å². The second-order valence-corrected chi connectivity index (χ2v) is 0.854. The Morgan fingerprint density at radius 3 is 1.57 bits per heavy atom. The Bertz CT molecular complexity index is 11.7. The van der Waals surface area contributed by atoms with E-state index in [1.807, 2.05) is 0 Å². The zero-order valence-electron chi connectivity index (χ0n) is 5.53. The largest absolute Gasteiger partial charge is 1.00 e. The minimum atomic E-state index is 0. The molecule has 0 heterocycles. The molecule has 0 aromatic rings. The van der Waals surface area contributed by atoms with Crippen LogP contribution < -0.4 is 18.9 Å². The van der Waals surface area contributed by atoms with Gasteiger partial charge in [-0.25, -0.2) is 0 Å². The summed E-state index contributed by atoms with van der Waals surface area (Å²) in [7, 11) is 0. The van der Waals surface area contributed by atoms with Crippen LogP contribution in [0.15, 0.2) is 0 Å². The summed E-state index contributed by atoms with van der Waals surface area (Å²) < 4.78 is 0. The van der Waals surface area contributed by atoms with Gasteiger partial charge in [0.1, 0.15) is 0 Å². The first-order valence-electron chi connectivity index (χ1n) is 1.71. The summed E-state index contributed by atoms with van der Waals surface area (Å²) in [6.07, 6.45) is 2.28. The summed E-state index contributed by atoms with van der Waals surface area (Å²) in [5.41, 5.74) is 0. The molecule has 3 heteroatoms. The Balaban J connectivity index is -0.0000000150. The van der Waals surface area contributed by atoms with Crippen molar-refractivity contribution in [3.8, 4) is 0 Å². The van der Waals surface area contributed by atoms with E-state index in [2.05, 4.69) is 13.8 Å². The second-order valence-electron chi connectivity index (χ2n) is 0.854. The third-order valence-corrected chi connectivity index (χ3v) is 0.354. The molecule has 1 radical (unpaired) electrons. The van der Waals surface area contributed by atoms with Crippen LogP contribution in [-0.2, 0) is 0 Å². The van der Waals surface area contributed by atoms with Crippen molar-refractivity contribution < 1.29 is 18.9 Å². The zero-order chi connectivity index (χ0) is 3.41. The van der Waals surface area contributed by atoms with Crippen LogP contribution in [0, 0.1) is 6.92 Å². The Kier molecular flexibility index (Phi) is 84.6. The van der Waals surface area contributed by atoms with E-state index >= 15 is 0 Å². The third kappa shape index (κ3) is 34.5. The molecular weight excluding hydrogens is 142 g/mol. The van der Waals surface area contributed by atoms with Gasteiger partial charge >= 0.3 is 18.9 Å². The number of hydrogen-bond donors (Lipinski definition) is 0. The first-order chi connectivity index (χ1) is 1.91. The molecule has 7 heavy (non-hydrogen) atoms. The summed E-state index contributed by atoms with van der Waals surface area (Å²) in [5.74, 6) is 0. The van der Waals surface area contributed by atoms with Crippen molar-refractivity contribution in [1.29, 1.82) is 0 Å². The Labute approximate surface area is 80.9 Å². The monoisotopic (exact) mass is 151 g/mol. The van der Waals surface area contributed by atoms with Gasteiger partial charge in [-0.1, -0.05) is 13.3 Å². The number of hydrogen-bond acceptors (Lipinski definition) is 0. The van der Waals surface area contributed by atoms with Crippen LogP contribution in [0.3, 0.4) is 0 Å². The molecule has 0 aromatic heterocycles. The molecule has 0 fully saturated rings. The van der Waals surface area contributed by atoms with E-state index in [0.29, 0.717) is 0 Å². The first kappa shape index (κ1) is 23.4. The molecule has 0 rings (SSSR count). The molecule has 0 N–H and O–H groups in total. The van der Waals surface area contributed by atoms with Gasteiger partial charge in [0, 0.05) is 18.9 Å². The fourth-order valence-corrected chi connectivity index (χ4v) is 0. The van der Waals surface area contributed by atoms with Gasteiger partial charge in [0.05, 0.1) is 0 Å². The molecule has 0 aromatic carbocycles. The second kappa shape index (κ2) is 25.3. The molecule has 0 aliphatic rings. The summed E-state index contributed by atoms with van der Waals surface area (Å²) in [5, 5.41) is 0. The minimum absolute atomic E-state index is 0. The first-order valence-corrected chi connectivity index (χ1v) is 1.71. The molecule has 0 aliphatic heterocycles. The fourth-order valence-electron chi connectivity index (χ4n) is 0. The van der Waals surface area contributed by atoms with Gasteiger partial charge < -0.3 is 6.92 Å². The maximum Gasteiger partial charge on any atom is 1.00 e. The van der Waals surface area contributed by atoms with Crippen molar-refractivity contribution in [3.63, 3.8) is 0 Å². The maximum absolute atomic E-state index is 3.60. The van der Waals surface area contributed by atoms with Crippen molar-refractivity contribution in [2.45, 2.75) is 19.8 Å². The summed E-state index contributed by atoms with van der Waals surface area (Å²) >= 11 is 0. The maximum atomic E-state index is 3.60. The van der Waals surface area contributed by atoms with Gasteiger partial charge in [0.15, 0.2) is 0 Å². The predicted octanol–water partition coefficient (Wildman–Crippen LogP) is -1.18. The van der Waals surface area contributed by atoms with Gasteiger partial charge in [-0.15, -0.1) is 17.0 Å². The molecule has 0 bridgehead atoms. The Morgan fingerprint density at radius 1 is 1.43 bits per heavy atom. The predicted molar refractivity (Wildman–Crippen MR) is 36.3 cm³/mol. The number of rotatable bonds is 1. The average molecular weight is 152 g/mol. The van der Waals surface area contributed by atoms with Crippen molar-refractivity contribution in [2.24, 2.45) is 0 Å². The fraction of sp³-hybridized carbons (Fsp3) is 0.750. The normalized spacial score (nSPS) is 4.29. The molecule has 0 spiro atoms. The SMILES string of the molecule is Br.[CH2-]CCC.[Li+].[Li]. The summed E-state index contributed by atoms with van der Waals surface area (Å²) in [6.45, 7) is 5.72. The van der Waals surface area contributed by atoms with Crippen molar-refractivity contribution in [1.82, 2.24) is 0 Å². The molecular formula is C4H10BrLi2. The van der Waals surface area contributed by atoms with Crippen LogP contribution in [0.2, 0.25) is 0 Å². The molecule has 0 aliphatic carbocycles. The molecule has 0 unspecified atom stereocenters. The topological polar surface area (TPSA) is 0 Å². The van der Waals surface area contributed by atoms with Crippen LogP contribution in [0.25, 0.3) is 0 Å². The van der Waals surface area contributed by atoms with Crippen molar-refractivity contribution in [2.75, 3.05) is 0 Å². The van der Waals surface area contributed by atoms with E-state index in [9.17, 15) is 0 Å². The molecule has 0 saturated heterocycles. The van der Waals surface area contributed by atoms with E-state index in [-0.39, 0.29) is 54.7 Å². The third-order valence-electron chi connectivity index (χ3n) is 0.354. The molecule has 35 valence electrons. The van der Waals surface area contributed by atoms with Crippen molar-refractivity contribution >= 4 is 35.8 Å². The molecule has 0 nitrogen and oxygen atoms in total. The number of unbranched alkanes of at least 4 members (excludes halogenated alkanes) is 1. The van der Waals surface area contributed by atoms with E-state index < -0.39 is 0 Å². The molecule has 0 saturated carbocycles. The van der Waals surface area contributed by atoms with Crippen LogP contribution >= 0.6 is 17.0 Å². The van der Waals surface area contributed by atoms with E-state index in [4.69, 9.17) is 0 Å². The van der Waals surface area contributed by atoms with Crippen LogP contribution in [0.4, 0.5) is 0 Å². The van der Waals surface area contributed by atoms with Gasteiger partial charge in [-0.3, -0.25) is 0 Å². The quantitative estimate of drug-likeness (QED) is 0.327.